The molecule has 0 unspecified atom stereocenters. The lowest BCUT2D eigenvalue weighted by Crippen LogP contribution is -2.23. The maximum absolute atomic E-state index is 13.6. The second-order valence-corrected chi connectivity index (χ2v) is 9.20. The van der Waals surface area contributed by atoms with Gasteiger partial charge in [0.05, 0.1) is 0 Å². The van der Waals surface area contributed by atoms with Gasteiger partial charge in [-0.15, -0.1) is 0 Å². The standard InChI is InChI=1S/C33H20O4/c1-4-18-9-7-11-24-28(18)33(37)26-16-19(12-13-22(26)30(24)34)21-14-15-25-29(20(21)5-2)32(36)23-10-6-8-17(3)27(23)31(25)35/h4-16H,1-2H2,3H3. The fourth-order valence-corrected chi connectivity index (χ4v) is 5.51. The topological polar surface area (TPSA) is 68.3 Å². The average Bonchev–Trinajstić information content (AvgIpc) is 2.92. The summed E-state index contributed by atoms with van der Waals surface area (Å²) in [7, 11) is 0. The number of carbonyl (C=O) groups excluding carboxylic acids is 4. The van der Waals surface area contributed by atoms with Gasteiger partial charge in [0.1, 0.15) is 0 Å². The second kappa shape index (κ2) is 8.04. The first-order chi connectivity index (χ1) is 17.9. The van der Waals surface area contributed by atoms with Crippen molar-refractivity contribution in [3.8, 4) is 11.1 Å². The highest BCUT2D eigenvalue weighted by Gasteiger charge is 2.34. The Kier molecular flexibility index (Phi) is 4.89. The van der Waals surface area contributed by atoms with Gasteiger partial charge in [0.15, 0.2) is 23.1 Å². The molecule has 0 saturated carbocycles. The number of benzene rings is 4. The maximum Gasteiger partial charge on any atom is 0.195 e. The molecule has 0 amide bonds. The van der Waals surface area contributed by atoms with Gasteiger partial charge in [-0.05, 0) is 52.9 Å². The molecule has 2 aliphatic carbocycles. The lowest BCUT2D eigenvalue weighted by atomic mass is 9.77. The zero-order chi connectivity index (χ0) is 26.0. The summed E-state index contributed by atoms with van der Waals surface area (Å²) in [6.45, 7) is 9.53. The van der Waals surface area contributed by atoms with Crippen LogP contribution in [0, 0.1) is 6.92 Å². The molecule has 2 aliphatic rings. The Morgan fingerprint density at radius 3 is 1.86 bits per heavy atom. The van der Waals surface area contributed by atoms with E-state index in [4.69, 9.17) is 0 Å². The fraction of sp³-hybridized carbons (Fsp3) is 0.0303. The molecule has 37 heavy (non-hydrogen) atoms. The summed E-state index contributed by atoms with van der Waals surface area (Å²) in [4.78, 5) is 53.7. The number of carbonyl (C=O) groups is 4. The van der Waals surface area contributed by atoms with Crippen LogP contribution in [-0.2, 0) is 0 Å². The largest absolute Gasteiger partial charge is 0.289 e. The Morgan fingerprint density at radius 2 is 1.14 bits per heavy atom. The van der Waals surface area contributed by atoms with Gasteiger partial charge in [-0.25, -0.2) is 0 Å². The van der Waals surface area contributed by atoms with E-state index in [0.717, 1.165) is 5.56 Å². The number of aryl methyl sites for hydroxylation is 1. The normalized spacial score (nSPS) is 13.4. The van der Waals surface area contributed by atoms with Gasteiger partial charge in [-0.2, -0.15) is 0 Å². The van der Waals surface area contributed by atoms with E-state index in [0.29, 0.717) is 66.8 Å². The van der Waals surface area contributed by atoms with Crippen LogP contribution in [0.1, 0.15) is 80.4 Å². The molecule has 6 rings (SSSR count). The van der Waals surface area contributed by atoms with E-state index in [-0.39, 0.29) is 23.1 Å². The molecule has 0 heterocycles. The van der Waals surface area contributed by atoms with Crippen molar-refractivity contribution in [3.63, 3.8) is 0 Å². The SMILES string of the molecule is C=Cc1cccc2c1C(=O)c1cc(-c3ccc4c(c3C=C)C(=O)c3cccc(C)c3C4=O)ccc1C2=O. The number of fused-ring (bicyclic) bond motifs is 4. The zero-order valence-electron chi connectivity index (χ0n) is 20.1. The van der Waals surface area contributed by atoms with E-state index in [9.17, 15) is 19.2 Å². The minimum absolute atomic E-state index is 0.197. The van der Waals surface area contributed by atoms with Gasteiger partial charge in [0.2, 0.25) is 0 Å². The van der Waals surface area contributed by atoms with E-state index in [1.165, 1.54) is 0 Å². The highest BCUT2D eigenvalue weighted by atomic mass is 16.1. The summed E-state index contributed by atoms with van der Waals surface area (Å²) in [5.74, 6) is -0.909. The van der Waals surface area contributed by atoms with Crippen LogP contribution in [0.15, 0.2) is 79.9 Å². The molecule has 4 aromatic carbocycles. The monoisotopic (exact) mass is 480 g/mol. The van der Waals surface area contributed by atoms with Crippen molar-refractivity contribution in [2.24, 2.45) is 0 Å². The van der Waals surface area contributed by atoms with Crippen LogP contribution in [0.5, 0.6) is 0 Å². The van der Waals surface area contributed by atoms with E-state index < -0.39 is 0 Å². The first kappa shape index (κ1) is 22.5. The van der Waals surface area contributed by atoms with Gasteiger partial charge in [0, 0.05) is 44.5 Å². The molecule has 0 N–H and O–H groups in total. The van der Waals surface area contributed by atoms with Gasteiger partial charge in [-0.3, -0.25) is 19.2 Å². The highest BCUT2D eigenvalue weighted by molar-refractivity contribution is 6.31. The minimum Gasteiger partial charge on any atom is -0.289 e. The number of hydrogen-bond acceptors (Lipinski definition) is 4. The van der Waals surface area contributed by atoms with Crippen molar-refractivity contribution in [1.82, 2.24) is 0 Å². The third-order valence-electron chi connectivity index (χ3n) is 7.27. The molecule has 0 atom stereocenters. The van der Waals surface area contributed by atoms with Crippen LogP contribution in [-0.4, -0.2) is 23.1 Å². The number of rotatable bonds is 3. The van der Waals surface area contributed by atoms with Gasteiger partial charge in [0.25, 0.3) is 0 Å². The first-order valence-corrected chi connectivity index (χ1v) is 11.8. The van der Waals surface area contributed by atoms with Gasteiger partial charge >= 0.3 is 0 Å². The smallest absolute Gasteiger partial charge is 0.195 e. The average molecular weight is 481 g/mol. The lowest BCUT2D eigenvalue weighted by molar-refractivity contribution is 0.0978. The summed E-state index contributed by atoms with van der Waals surface area (Å²) < 4.78 is 0. The van der Waals surface area contributed by atoms with Crippen molar-refractivity contribution >= 4 is 35.3 Å². The van der Waals surface area contributed by atoms with E-state index in [1.54, 1.807) is 72.8 Å². The Balaban J connectivity index is 1.55. The Bertz CT molecular complexity index is 1780. The molecule has 0 bridgehead atoms. The van der Waals surface area contributed by atoms with Gasteiger partial charge < -0.3 is 0 Å². The Labute approximate surface area is 213 Å². The van der Waals surface area contributed by atoms with Crippen LogP contribution in [0.4, 0.5) is 0 Å². The van der Waals surface area contributed by atoms with E-state index in [2.05, 4.69) is 13.2 Å². The van der Waals surface area contributed by atoms with Crippen molar-refractivity contribution in [2.45, 2.75) is 6.92 Å². The zero-order valence-corrected chi connectivity index (χ0v) is 20.1. The summed E-state index contributed by atoms with van der Waals surface area (Å²) in [5.41, 5.74) is 5.93. The van der Waals surface area contributed by atoms with Crippen molar-refractivity contribution in [1.29, 1.82) is 0 Å². The van der Waals surface area contributed by atoms with Crippen LogP contribution >= 0.6 is 0 Å². The first-order valence-electron chi connectivity index (χ1n) is 11.8. The van der Waals surface area contributed by atoms with Crippen LogP contribution in [0.2, 0.25) is 0 Å². The second-order valence-electron chi connectivity index (χ2n) is 9.20. The summed E-state index contributed by atoms with van der Waals surface area (Å²) in [6, 6.07) is 18.9. The van der Waals surface area contributed by atoms with Gasteiger partial charge in [-0.1, -0.05) is 73.8 Å². The van der Waals surface area contributed by atoms with E-state index in [1.807, 2.05) is 13.0 Å². The number of ketones is 4. The molecule has 0 aliphatic heterocycles. The van der Waals surface area contributed by atoms with Crippen LogP contribution in [0.3, 0.4) is 0 Å². The predicted molar refractivity (Wildman–Crippen MR) is 143 cm³/mol. The summed E-state index contributed by atoms with van der Waals surface area (Å²) in [5, 5.41) is 0. The minimum atomic E-state index is -0.254. The number of hydrogen-bond donors (Lipinski definition) is 0. The third kappa shape index (κ3) is 3.02. The lowest BCUT2D eigenvalue weighted by Gasteiger charge is -2.23. The van der Waals surface area contributed by atoms with Crippen molar-refractivity contribution in [2.75, 3.05) is 0 Å². The molecule has 0 radical (unpaired) electrons. The van der Waals surface area contributed by atoms with Crippen molar-refractivity contribution in [3.05, 3.63) is 141 Å². The highest BCUT2D eigenvalue weighted by Crippen LogP contribution is 2.38. The maximum atomic E-state index is 13.6. The molecule has 0 saturated heterocycles. The quantitative estimate of drug-likeness (QED) is 0.290. The predicted octanol–water partition coefficient (Wildman–Crippen LogP) is 6.50. The van der Waals surface area contributed by atoms with Crippen LogP contribution < -0.4 is 0 Å². The third-order valence-corrected chi connectivity index (χ3v) is 7.27. The Hall–Kier alpha value is -4.96. The summed E-state index contributed by atoms with van der Waals surface area (Å²) in [6.07, 6.45) is 3.14. The summed E-state index contributed by atoms with van der Waals surface area (Å²) >= 11 is 0. The molecular weight excluding hydrogens is 460 g/mol. The molecule has 4 heteroatoms. The van der Waals surface area contributed by atoms with Crippen LogP contribution in [0.25, 0.3) is 23.3 Å². The van der Waals surface area contributed by atoms with Crippen molar-refractivity contribution < 1.29 is 19.2 Å². The molecule has 4 nitrogen and oxygen atoms in total. The molecule has 0 fully saturated rings. The Morgan fingerprint density at radius 1 is 0.541 bits per heavy atom. The molecule has 0 aromatic heterocycles. The molecule has 4 aromatic rings. The van der Waals surface area contributed by atoms with E-state index >= 15 is 0 Å². The fourth-order valence-electron chi connectivity index (χ4n) is 5.51. The molecule has 0 spiro atoms. The molecule has 176 valence electrons. The molecular formula is C33H20O4.